The molecule has 0 N–H and O–H groups in total. The van der Waals surface area contributed by atoms with Gasteiger partial charge in [-0.3, -0.25) is 0 Å². The fourth-order valence-corrected chi connectivity index (χ4v) is 0.960. The van der Waals surface area contributed by atoms with Crippen molar-refractivity contribution in [3.05, 3.63) is 45.6 Å². The number of hydrogen-bond donors (Lipinski definition) is 0. The molecule has 1 aromatic rings. The average molecular weight is 219 g/mol. The molecule has 0 saturated carbocycles. The first-order valence-electron chi connectivity index (χ1n) is 3.81. The van der Waals surface area contributed by atoms with Crippen LogP contribution >= 0.6 is 0 Å². The van der Waals surface area contributed by atoms with Crippen LogP contribution in [0.2, 0.25) is 0 Å². The van der Waals surface area contributed by atoms with E-state index in [0.717, 1.165) is 12.1 Å². The van der Waals surface area contributed by atoms with E-state index >= 15 is 0 Å². The summed E-state index contributed by atoms with van der Waals surface area (Å²) in [6.07, 6.45) is -4.57. The van der Waals surface area contributed by atoms with E-state index in [0.29, 0.717) is 6.07 Å². The molecule has 0 heterocycles. The molecule has 1 aromatic carbocycles. The molecule has 0 aliphatic carbocycles. The highest BCUT2D eigenvalue weighted by Gasteiger charge is 2.30. The lowest BCUT2D eigenvalue weighted by Gasteiger charge is -2.07. The van der Waals surface area contributed by atoms with Gasteiger partial charge in [0.1, 0.15) is 5.82 Å². The van der Waals surface area contributed by atoms with Crippen LogP contribution < -0.4 is 0 Å². The lowest BCUT2D eigenvalue weighted by atomic mass is 10.1. The summed E-state index contributed by atoms with van der Waals surface area (Å²) in [6.45, 7) is -0.305. The Morgan fingerprint density at radius 2 is 2.00 bits per heavy atom. The molecule has 1 rings (SSSR count). The van der Waals surface area contributed by atoms with Gasteiger partial charge in [0.05, 0.1) is 12.1 Å². The molecule has 0 aromatic heterocycles. The third-order valence-electron chi connectivity index (χ3n) is 1.68. The van der Waals surface area contributed by atoms with Gasteiger partial charge >= 0.3 is 6.18 Å². The maximum absolute atomic E-state index is 13.0. The maximum atomic E-state index is 13.0. The minimum atomic E-state index is -4.57. The number of azide groups is 1. The van der Waals surface area contributed by atoms with Crippen LogP contribution in [0.15, 0.2) is 23.3 Å². The van der Waals surface area contributed by atoms with Gasteiger partial charge in [-0.2, -0.15) is 13.2 Å². The van der Waals surface area contributed by atoms with Crippen molar-refractivity contribution < 1.29 is 17.6 Å². The second-order valence-electron chi connectivity index (χ2n) is 2.69. The van der Waals surface area contributed by atoms with Crippen molar-refractivity contribution in [2.75, 3.05) is 0 Å². The predicted molar refractivity (Wildman–Crippen MR) is 44.3 cm³/mol. The van der Waals surface area contributed by atoms with Crippen LogP contribution in [0.3, 0.4) is 0 Å². The van der Waals surface area contributed by atoms with E-state index in [2.05, 4.69) is 10.0 Å². The minimum Gasteiger partial charge on any atom is -0.207 e. The highest BCUT2D eigenvalue weighted by Crippen LogP contribution is 2.30. The van der Waals surface area contributed by atoms with Gasteiger partial charge in [0.15, 0.2) is 0 Å². The number of hydrogen-bond acceptors (Lipinski definition) is 1. The SMILES string of the molecule is [N-]=[N+]=NCc1ccc(C(F)(F)F)cc1F. The highest BCUT2D eigenvalue weighted by molar-refractivity contribution is 5.26. The van der Waals surface area contributed by atoms with E-state index < -0.39 is 17.6 Å². The molecule has 15 heavy (non-hydrogen) atoms. The van der Waals surface area contributed by atoms with Crippen LogP contribution in [0.1, 0.15) is 11.1 Å². The largest absolute Gasteiger partial charge is 0.416 e. The van der Waals surface area contributed by atoms with Crippen molar-refractivity contribution in [2.24, 2.45) is 5.11 Å². The van der Waals surface area contributed by atoms with Crippen molar-refractivity contribution in [3.63, 3.8) is 0 Å². The van der Waals surface area contributed by atoms with Crippen LogP contribution in [-0.2, 0) is 12.7 Å². The fraction of sp³-hybridized carbons (Fsp3) is 0.250. The molecular formula is C8H5F4N3. The summed E-state index contributed by atoms with van der Waals surface area (Å²) in [4.78, 5) is 2.38. The van der Waals surface area contributed by atoms with E-state index in [-0.39, 0.29) is 12.1 Å². The Bertz CT molecular complexity index is 407. The molecule has 0 aliphatic heterocycles. The molecule has 0 saturated heterocycles. The summed E-state index contributed by atoms with van der Waals surface area (Å²) in [6, 6.07) is 2.07. The molecule has 0 atom stereocenters. The molecule has 0 spiro atoms. The summed E-state index contributed by atoms with van der Waals surface area (Å²) in [5.41, 5.74) is 6.82. The second kappa shape index (κ2) is 4.18. The van der Waals surface area contributed by atoms with Gasteiger partial charge in [0.25, 0.3) is 0 Å². The minimum absolute atomic E-state index is 0.0687. The van der Waals surface area contributed by atoms with E-state index in [9.17, 15) is 17.6 Å². The zero-order valence-corrected chi connectivity index (χ0v) is 7.29. The molecule has 0 amide bonds. The van der Waals surface area contributed by atoms with Crippen LogP contribution in [0.25, 0.3) is 10.4 Å². The van der Waals surface area contributed by atoms with E-state index in [1.165, 1.54) is 0 Å². The third-order valence-corrected chi connectivity index (χ3v) is 1.68. The lowest BCUT2D eigenvalue weighted by Crippen LogP contribution is -2.06. The first-order valence-corrected chi connectivity index (χ1v) is 3.81. The topological polar surface area (TPSA) is 48.8 Å². The van der Waals surface area contributed by atoms with Gasteiger partial charge in [0.2, 0.25) is 0 Å². The molecule has 3 nitrogen and oxygen atoms in total. The summed E-state index contributed by atoms with van der Waals surface area (Å²) in [5.74, 6) is -1.03. The molecule has 0 bridgehead atoms. The molecule has 80 valence electrons. The number of rotatable bonds is 2. The number of benzene rings is 1. The number of alkyl halides is 3. The van der Waals surface area contributed by atoms with Crippen molar-refractivity contribution in [2.45, 2.75) is 12.7 Å². The van der Waals surface area contributed by atoms with Gasteiger partial charge in [-0.15, -0.1) is 0 Å². The first kappa shape index (κ1) is 11.3. The summed E-state index contributed by atoms with van der Waals surface area (Å²) in [7, 11) is 0. The third kappa shape index (κ3) is 2.85. The van der Waals surface area contributed by atoms with Crippen molar-refractivity contribution in [1.29, 1.82) is 0 Å². The molecule has 0 aliphatic rings. The highest BCUT2D eigenvalue weighted by atomic mass is 19.4. The van der Waals surface area contributed by atoms with Crippen molar-refractivity contribution in [1.82, 2.24) is 0 Å². The quantitative estimate of drug-likeness (QED) is 0.315. The van der Waals surface area contributed by atoms with Crippen molar-refractivity contribution >= 4 is 0 Å². The Hall–Kier alpha value is -1.75. The Labute approximate surface area is 82.0 Å². The molecule has 0 unspecified atom stereocenters. The Morgan fingerprint density at radius 1 is 1.33 bits per heavy atom. The van der Waals surface area contributed by atoms with Gasteiger partial charge in [-0.1, -0.05) is 11.2 Å². The molecule has 0 radical (unpaired) electrons. The summed E-state index contributed by atoms with van der Waals surface area (Å²) in [5, 5.41) is 3.05. The predicted octanol–water partition coefficient (Wildman–Crippen LogP) is 3.65. The standard InChI is InChI=1S/C8H5F4N3/c9-7-3-6(8(10,11)12)2-1-5(7)4-14-15-13/h1-3H,4H2. The summed E-state index contributed by atoms with van der Waals surface area (Å²) < 4.78 is 49.3. The van der Waals surface area contributed by atoms with Gasteiger partial charge in [-0.25, -0.2) is 4.39 Å². The Kier molecular flexibility index (Phi) is 3.16. The average Bonchev–Trinajstić information content (AvgIpc) is 2.14. The smallest absolute Gasteiger partial charge is 0.207 e. The van der Waals surface area contributed by atoms with Crippen LogP contribution in [-0.4, -0.2) is 0 Å². The normalized spacial score (nSPS) is 10.9. The van der Waals surface area contributed by atoms with E-state index in [1.54, 1.807) is 0 Å². The first-order chi connectivity index (χ1) is 6.95. The van der Waals surface area contributed by atoms with Crippen LogP contribution in [0.5, 0.6) is 0 Å². The maximum Gasteiger partial charge on any atom is 0.416 e. The van der Waals surface area contributed by atoms with E-state index in [4.69, 9.17) is 5.53 Å². The van der Waals surface area contributed by atoms with E-state index in [1.807, 2.05) is 0 Å². The number of nitrogens with zero attached hydrogens (tertiary/aromatic N) is 3. The van der Waals surface area contributed by atoms with Crippen LogP contribution in [0, 0.1) is 5.82 Å². The molecule has 0 fully saturated rings. The Balaban J connectivity index is 3.03. The van der Waals surface area contributed by atoms with Crippen LogP contribution in [0.4, 0.5) is 17.6 Å². The summed E-state index contributed by atoms with van der Waals surface area (Å²) >= 11 is 0. The Morgan fingerprint density at radius 3 is 2.47 bits per heavy atom. The van der Waals surface area contributed by atoms with Gasteiger partial charge in [0, 0.05) is 4.91 Å². The van der Waals surface area contributed by atoms with Gasteiger partial charge < -0.3 is 0 Å². The van der Waals surface area contributed by atoms with Crippen molar-refractivity contribution in [3.8, 4) is 0 Å². The fourth-order valence-electron chi connectivity index (χ4n) is 0.960. The lowest BCUT2D eigenvalue weighted by molar-refractivity contribution is -0.137. The second-order valence-corrected chi connectivity index (χ2v) is 2.69. The zero-order valence-electron chi connectivity index (χ0n) is 7.29. The van der Waals surface area contributed by atoms with Gasteiger partial charge in [-0.05, 0) is 23.2 Å². The zero-order chi connectivity index (χ0) is 11.5. The molecule has 7 heteroatoms. The molecular weight excluding hydrogens is 214 g/mol. The number of halogens is 4. The monoisotopic (exact) mass is 219 g/mol.